The minimum atomic E-state index is -0.279. The molecule has 5 nitrogen and oxygen atoms in total. The number of halogens is 2. The lowest BCUT2D eigenvalue weighted by molar-refractivity contribution is -0.0897. The summed E-state index contributed by atoms with van der Waals surface area (Å²) in [6.45, 7) is 4.86. The molecule has 3 saturated carbocycles. The number of benzene rings is 2. The fraction of sp³-hybridized carbons (Fsp3) is 0.576. The highest BCUT2D eigenvalue weighted by molar-refractivity contribution is 5.85. The van der Waals surface area contributed by atoms with E-state index in [0.717, 1.165) is 73.3 Å². The fourth-order valence-electron chi connectivity index (χ4n) is 9.53. The van der Waals surface area contributed by atoms with Crippen LogP contribution in [0.1, 0.15) is 67.0 Å². The molecule has 3 aliphatic carbocycles. The first-order chi connectivity index (χ1) is 19.6. The highest BCUT2D eigenvalue weighted by Gasteiger charge is 2.60. The van der Waals surface area contributed by atoms with Crippen molar-refractivity contribution in [2.24, 2.45) is 17.8 Å². The first-order valence-corrected chi connectivity index (χ1v) is 15.4. The van der Waals surface area contributed by atoms with Crippen LogP contribution in [0.4, 0.5) is 14.5 Å². The second-order valence-electron chi connectivity index (χ2n) is 13.2. The van der Waals surface area contributed by atoms with E-state index in [4.69, 9.17) is 0 Å². The number of alkyl halides is 1. The summed E-state index contributed by atoms with van der Waals surface area (Å²) in [4.78, 5) is 8.70. The van der Waals surface area contributed by atoms with Crippen molar-refractivity contribution in [3.63, 3.8) is 0 Å². The molecule has 4 fully saturated rings. The molecule has 0 spiro atoms. The Balaban J connectivity index is 1.24. The first kappa shape index (κ1) is 25.2. The van der Waals surface area contributed by atoms with Gasteiger partial charge in [0.1, 0.15) is 5.82 Å². The number of fused-ring (bicyclic) bond motifs is 8. The quantitative estimate of drug-likeness (QED) is 0.377. The highest BCUT2D eigenvalue weighted by Crippen LogP contribution is 2.65. The number of hydrogen-bond donors (Lipinski definition) is 3. The number of aliphatic hydroxyl groups excluding tert-OH is 1. The number of aromatic nitrogens is 1. The average molecular weight is 547 g/mol. The van der Waals surface area contributed by atoms with Gasteiger partial charge in [-0.05, 0) is 92.0 Å². The fourth-order valence-corrected chi connectivity index (χ4v) is 9.53. The highest BCUT2D eigenvalue weighted by atomic mass is 19.1. The molecule has 0 radical (unpaired) electrons. The van der Waals surface area contributed by atoms with Crippen LogP contribution in [-0.4, -0.2) is 70.9 Å². The second-order valence-corrected chi connectivity index (χ2v) is 13.2. The van der Waals surface area contributed by atoms with Gasteiger partial charge >= 0.3 is 0 Å². The molecule has 3 unspecified atom stereocenters. The molecule has 3 aromatic rings. The summed E-state index contributed by atoms with van der Waals surface area (Å²) in [7, 11) is 0. The zero-order chi connectivity index (χ0) is 27.1. The van der Waals surface area contributed by atoms with Crippen molar-refractivity contribution in [3.8, 4) is 0 Å². The van der Waals surface area contributed by atoms with E-state index in [0.29, 0.717) is 24.3 Å². The van der Waals surface area contributed by atoms with Gasteiger partial charge in [-0.1, -0.05) is 18.2 Å². The minimum absolute atomic E-state index is 0.117. The van der Waals surface area contributed by atoms with E-state index in [1.807, 2.05) is 0 Å². The molecule has 3 aliphatic heterocycles. The molecule has 1 saturated heterocycles. The van der Waals surface area contributed by atoms with Gasteiger partial charge in [0.15, 0.2) is 0 Å². The molecular weight excluding hydrogens is 506 g/mol. The van der Waals surface area contributed by atoms with Crippen LogP contribution in [-0.2, 0) is 6.42 Å². The van der Waals surface area contributed by atoms with E-state index in [-0.39, 0.29) is 49.1 Å². The van der Waals surface area contributed by atoms with Crippen LogP contribution < -0.4 is 5.32 Å². The van der Waals surface area contributed by atoms with Crippen molar-refractivity contribution in [1.29, 1.82) is 0 Å². The number of hydrogen-bond acceptors (Lipinski definition) is 4. The van der Waals surface area contributed by atoms with Crippen LogP contribution in [0.3, 0.4) is 0 Å². The Bertz CT molecular complexity index is 1440. The standard InChI is InChI=1S/C33H40F2N4O/c1-18-11-24-22-5-2-3-6-28(22)37-32(24)33-31-26(30-23-15-25(30)29(39(18)33)12-19(23)17-40)13-21(14-27(31)35)36-20-7-10-38(16-20)9-4-8-34/h2-3,5-6,13-14,18-20,23,25,29-30,33,36-37,40H,4,7-12,15-17H2,1H3/t18-,19+,20-,23?,25?,29+,30?,33-/m0/s1. The van der Waals surface area contributed by atoms with E-state index < -0.39 is 0 Å². The lowest BCUT2D eigenvalue weighted by Crippen LogP contribution is -2.60. The summed E-state index contributed by atoms with van der Waals surface area (Å²) >= 11 is 0. The van der Waals surface area contributed by atoms with Crippen molar-refractivity contribution < 1.29 is 13.9 Å². The van der Waals surface area contributed by atoms with Gasteiger partial charge in [-0.15, -0.1) is 0 Å². The van der Waals surface area contributed by atoms with Crippen LogP contribution in [0.2, 0.25) is 0 Å². The van der Waals surface area contributed by atoms with Crippen molar-refractivity contribution in [2.75, 3.05) is 38.2 Å². The van der Waals surface area contributed by atoms with Gasteiger partial charge in [-0.25, -0.2) is 4.39 Å². The monoisotopic (exact) mass is 546 g/mol. The maximum absolute atomic E-state index is 16.7. The van der Waals surface area contributed by atoms with Crippen LogP contribution in [0.5, 0.6) is 0 Å². The Kier molecular flexibility index (Phi) is 6.02. The molecule has 4 heterocycles. The maximum atomic E-state index is 16.7. The topological polar surface area (TPSA) is 54.5 Å². The first-order valence-electron chi connectivity index (χ1n) is 15.4. The molecule has 40 heavy (non-hydrogen) atoms. The number of anilines is 1. The van der Waals surface area contributed by atoms with E-state index >= 15 is 4.39 Å². The van der Waals surface area contributed by atoms with Crippen LogP contribution in [0.15, 0.2) is 36.4 Å². The van der Waals surface area contributed by atoms with Gasteiger partial charge in [0, 0.05) is 72.2 Å². The summed E-state index contributed by atoms with van der Waals surface area (Å²) in [5.74, 6) is 1.36. The lowest BCUT2D eigenvalue weighted by Gasteiger charge is -2.60. The molecule has 2 aromatic carbocycles. The maximum Gasteiger partial charge on any atom is 0.130 e. The molecule has 0 amide bonds. The molecule has 7 heteroatoms. The smallest absolute Gasteiger partial charge is 0.130 e. The molecule has 8 atom stereocenters. The summed E-state index contributed by atoms with van der Waals surface area (Å²) in [6, 6.07) is 13.2. The molecule has 9 rings (SSSR count). The largest absolute Gasteiger partial charge is 0.396 e. The molecule has 4 bridgehead atoms. The van der Waals surface area contributed by atoms with Gasteiger partial charge in [-0.2, -0.15) is 0 Å². The third-order valence-electron chi connectivity index (χ3n) is 11.2. The summed E-state index contributed by atoms with van der Waals surface area (Å²) in [5.41, 5.74) is 6.49. The van der Waals surface area contributed by atoms with Crippen molar-refractivity contribution in [3.05, 3.63) is 64.6 Å². The number of aromatic amines is 1. The predicted molar refractivity (Wildman–Crippen MR) is 154 cm³/mol. The SMILES string of the molecule is C[C@H]1Cc2c([nH]c3ccccc23)[C@@H]2c3c(F)cc(N[C@H]4CCN(CCCF)C4)cc3C3C4CC3[C@@H](C[C@@H]4CO)N21. The number of rotatable bonds is 6. The molecule has 1 aromatic heterocycles. The van der Waals surface area contributed by atoms with Crippen LogP contribution in [0.25, 0.3) is 10.9 Å². The third-order valence-corrected chi connectivity index (χ3v) is 11.2. The number of H-pyrrole nitrogens is 1. The zero-order valence-electron chi connectivity index (χ0n) is 23.3. The van der Waals surface area contributed by atoms with Gasteiger partial charge < -0.3 is 20.3 Å². The minimum Gasteiger partial charge on any atom is -0.396 e. The van der Waals surface area contributed by atoms with E-state index in [2.05, 4.69) is 57.4 Å². The molecule has 3 N–H and O–H groups in total. The van der Waals surface area contributed by atoms with E-state index in [1.54, 1.807) is 6.07 Å². The number of aliphatic hydroxyl groups is 1. The van der Waals surface area contributed by atoms with Gasteiger partial charge in [0.2, 0.25) is 0 Å². The molecule has 6 aliphatic rings. The average Bonchev–Trinajstić information content (AvgIpc) is 3.53. The van der Waals surface area contributed by atoms with Crippen molar-refractivity contribution in [2.45, 2.75) is 69.1 Å². The van der Waals surface area contributed by atoms with Crippen LogP contribution >= 0.6 is 0 Å². The third kappa shape index (κ3) is 3.66. The summed E-state index contributed by atoms with van der Waals surface area (Å²) < 4.78 is 29.4. The van der Waals surface area contributed by atoms with Gasteiger partial charge in [-0.3, -0.25) is 9.29 Å². The Morgan fingerprint density at radius 2 is 2.02 bits per heavy atom. The van der Waals surface area contributed by atoms with Gasteiger partial charge in [0.25, 0.3) is 0 Å². The Labute approximate surface area is 234 Å². The predicted octanol–water partition coefficient (Wildman–Crippen LogP) is 5.60. The number of para-hydroxylation sites is 1. The van der Waals surface area contributed by atoms with E-state index in [9.17, 15) is 9.50 Å². The van der Waals surface area contributed by atoms with E-state index in [1.165, 1.54) is 10.9 Å². The lowest BCUT2D eigenvalue weighted by atomic mass is 9.49. The molecular formula is C33H40F2N4O. The van der Waals surface area contributed by atoms with Crippen molar-refractivity contribution >= 4 is 16.6 Å². The zero-order valence-corrected chi connectivity index (χ0v) is 23.3. The summed E-state index contributed by atoms with van der Waals surface area (Å²) in [6.07, 6.45) is 4.63. The Morgan fingerprint density at radius 1 is 1.15 bits per heavy atom. The van der Waals surface area contributed by atoms with Crippen LogP contribution in [0, 0.1) is 23.6 Å². The number of likely N-dealkylation sites (tertiary alicyclic amines) is 1. The second kappa shape index (κ2) is 9.53. The Morgan fingerprint density at radius 3 is 2.88 bits per heavy atom. The molecule has 212 valence electrons. The number of nitrogens with zero attached hydrogens (tertiary/aromatic N) is 2. The van der Waals surface area contributed by atoms with Crippen molar-refractivity contribution in [1.82, 2.24) is 14.8 Å². The Hall–Kier alpha value is -2.48. The normalized spacial score (nSPS) is 34.6. The van der Waals surface area contributed by atoms with Gasteiger partial charge in [0.05, 0.1) is 12.7 Å². The summed E-state index contributed by atoms with van der Waals surface area (Å²) in [5, 5.41) is 15.4. The number of nitrogens with one attached hydrogen (secondary N) is 2.